The highest BCUT2D eigenvalue weighted by atomic mass is 32.1. The van der Waals surface area contributed by atoms with Crippen LogP contribution in [0.3, 0.4) is 0 Å². The molecule has 1 aromatic heterocycles. The van der Waals surface area contributed by atoms with Gasteiger partial charge in [-0.1, -0.05) is 36.4 Å². The molecule has 1 aliphatic carbocycles. The smallest absolute Gasteiger partial charge is 0.223 e. The zero-order valence-electron chi connectivity index (χ0n) is 13.1. The molecule has 0 radical (unpaired) electrons. The molecular formula is C19H23NOS. The summed E-state index contributed by atoms with van der Waals surface area (Å²) in [6, 6.07) is 14.9. The van der Waals surface area contributed by atoms with Gasteiger partial charge in [-0.25, -0.2) is 0 Å². The minimum Gasteiger partial charge on any atom is -0.335 e. The molecule has 2 nitrogen and oxygen atoms in total. The molecule has 2 aromatic rings. The van der Waals surface area contributed by atoms with Gasteiger partial charge in [0.1, 0.15) is 0 Å². The van der Waals surface area contributed by atoms with Crippen LogP contribution in [0.25, 0.3) is 0 Å². The SMILES string of the molecule is CC(C1CC1)N(Cc1ccccc1)C(=O)CCc1cccs1. The summed E-state index contributed by atoms with van der Waals surface area (Å²) in [5.41, 5.74) is 1.22. The Morgan fingerprint density at radius 2 is 2.00 bits per heavy atom. The number of nitrogens with zero attached hydrogens (tertiary/aromatic N) is 1. The lowest BCUT2D eigenvalue weighted by atomic mass is 10.1. The third-order valence-corrected chi connectivity index (χ3v) is 5.41. The molecule has 1 fully saturated rings. The largest absolute Gasteiger partial charge is 0.335 e. The van der Waals surface area contributed by atoms with Crippen LogP contribution < -0.4 is 0 Å². The molecule has 1 amide bonds. The zero-order valence-corrected chi connectivity index (χ0v) is 13.9. The fourth-order valence-corrected chi connectivity index (χ4v) is 3.61. The van der Waals surface area contributed by atoms with Gasteiger partial charge in [0.2, 0.25) is 5.91 Å². The Morgan fingerprint density at radius 1 is 1.23 bits per heavy atom. The Balaban J connectivity index is 1.65. The van der Waals surface area contributed by atoms with Crippen LogP contribution in [0.1, 0.15) is 36.6 Å². The van der Waals surface area contributed by atoms with Crippen molar-refractivity contribution in [2.75, 3.05) is 0 Å². The quantitative estimate of drug-likeness (QED) is 0.736. The third-order valence-electron chi connectivity index (χ3n) is 4.48. The van der Waals surface area contributed by atoms with Crippen LogP contribution in [0.5, 0.6) is 0 Å². The Kier molecular flexibility index (Phi) is 4.94. The second-order valence-electron chi connectivity index (χ2n) is 6.16. The summed E-state index contributed by atoms with van der Waals surface area (Å²) < 4.78 is 0. The highest BCUT2D eigenvalue weighted by molar-refractivity contribution is 7.09. The number of hydrogen-bond donors (Lipinski definition) is 0. The summed E-state index contributed by atoms with van der Waals surface area (Å²) in [7, 11) is 0. The highest BCUT2D eigenvalue weighted by Gasteiger charge is 2.34. The summed E-state index contributed by atoms with van der Waals surface area (Å²) in [5.74, 6) is 0.992. The molecule has 1 atom stereocenters. The van der Waals surface area contributed by atoms with Gasteiger partial charge in [-0.3, -0.25) is 4.79 Å². The molecule has 0 spiro atoms. The normalized spacial score (nSPS) is 15.5. The van der Waals surface area contributed by atoms with E-state index in [0.717, 1.165) is 13.0 Å². The molecule has 1 aliphatic rings. The fraction of sp³-hybridized carbons (Fsp3) is 0.421. The van der Waals surface area contributed by atoms with Gasteiger partial charge in [0.05, 0.1) is 0 Å². The highest BCUT2D eigenvalue weighted by Crippen LogP contribution is 2.36. The van der Waals surface area contributed by atoms with E-state index in [0.29, 0.717) is 18.4 Å². The third kappa shape index (κ3) is 3.98. The lowest BCUT2D eigenvalue weighted by Crippen LogP contribution is -2.39. The second kappa shape index (κ2) is 7.10. The molecule has 3 heteroatoms. The molecule has 0 bridgehead atoms. The molecule has 0 saturated heterocycles. The van der Waals surface area contributed by atoms with Gasteiger partial charge < -0.3 is 4.90 Å². The van der Waals surface area contributed by atoms with Gasteiger partial charge >= 0.3 is 0 Å². The lowest BCUT2D eigenvalue weighted by molar-refractivity contribution is -0.134. The average molecular weight is 313 g/mol. The molecule has 1 saturated carbocycles. The molecule has 1 aromatic carbocycles. The minimum absolute atomic E-state index is 0.289. The van der Waals surface area contributed by atoms with Crippen LogP contribution in [-0.2, 0) is 17.8 Å². The van der Waals surface area contributed by atoms with Crippen LogP contribution >= 0.6 is 11.3 Å². The van der Waals surface area contributed by atoms with E-state index in [1.54, 1.807) is 11.3 Å². The summed E-state index contributed by atoms with van der Waals surface area (Å²) >= 11 is 1.74. The molecule has 1 unspecified atom stereocenters. The molecule has 1 heterocycles. The molecule has 22 heavy (non-hydrogen) atoms. The number of aryl methyl sites for hydroxylation is 1. The number of amides is 1. The monoisotopic (exact) mass is 313 g/mol. The van der Waals surface area contributed by atoms with Crippen molar-refractivity contribution in [2.24, 2.45) is 5.92 Å². The Labute approximate surface area is 136 Å². The summed E-state index contributed by atoms with van der Waals surface area (Å²) in [6.45, 7) is 2.95. The van der Waals surface area contributed by atoms with E-state index in [-0.39, 0.29) is 5.91 Å². The minimum atomic E-state index is 0.289. The van der Waals surface area contributed by atoms with E-state index in [2.05, 4.69) is 41.5 Å². The van der Waals surface area contributed by atoms with Gasteiger partial charge in [-0.15, -0.1) is 11.3 Å². The first-order valence-electron chi connectivity index (χ1n) is 8.10. The van der Waals surface area contributed by atoms with Crippen LogP contribution in [0.15, 0.2) is 47.8 Å². The van der Waals surface area contributed by atoms with E-state index in [1.165, 1.54) is 23.3 Å². The van der Waals surface area contributed by atoms with Crippen LogP contribution in [-0.4, -0.2) is 16.8 Å². The summed E-state index contributed by atoms with van der Waals surface area (Å²) in [5, 5.41) is 2.08. The van der Waals surface area contributed by atoms with Crippen molar-refractivity contribution >= 4 is 17.2 Å². The average Bonchev–Trinajstić information content (AvgIpc) is 3.27. The maximum absolute atomic E-state index is 12.7. The van der Waals surface area contributed by atoms with E-state index >= 15 is 0 Å². The first-order chi connectivity index (χ1) is 10.7. The Hall–Kier alpha value is -1.61. The van der Waals surface area contributed by atoms with Crippen LogP contribution in [0.4, 0.5) is 0 Å². The van der Waals surface area contributed by atoms with E-state index < -0.39 is 0 Å². The van der Waals surface area contributed by atoms with Crippen molar-refractivity contribution in [2.45, 2.75) is 45.2 Å². The predicted molar refractivity (Wildman–Crippen MR) is 91.8 cm³/mol. The number of rotatable bonds is 7. The van der Waals surface area contributed by atoms with Crippen molar-refractivity contribution in [1.29, 1.82) is 0 Å². The summed E-state index contributed by atoms with van der Waals surface area (Å²) in [6.07, 6.45) is 4.01. The van der Waals surface area contributed by atoms with E-state index in [9.17, 15) is 4.79 Å². The zero-order chi connectivity index (χ0) is 15.4. The van der Waals surface area contributed by atoms with Crippen LogP contribution in [0.2, 0.25) is 0 Å². The maximum Gasteiger partial charge on any atom is 0.223 e. The van der Waals surface area contributed by atoms with Crippen molar-refractivity contribution < 1.29 is 4.79 Å². The fourth-order valence-electron chi connectivity index (χ4n) is 2.90. The number of benzene rings is 1. The van der Waals surface area contributed by atoms with Crippen molar-refractivity contribution in [3.63, 3.8) is 0 Å². The Bertz CT molecular complexity index is 589. The Morgan fingerprint density at radius 3 is 2.64 bits per heavy atom. The van der Waals surface area contributed by atoms with Gasteiger partial charge in [0.25, 0.3) is 0 Å². The number of hydrogen-bond acceptors (Lipinski definition) is 2. The molecule has 116 valence electrons. The number of carbonyl (C=O) groups is 1. The molecule has 0 aliphatic heterocycles. The van der Waals surface area contributed by atoms with Crippen molar-refractivity contribution in [3.05, 3.63) is 58.3 Å². The van der Waals surface area contributed by atoms with E-state index in [1.807, 2.05) is 18.2 Å². The van der Waals surface area contributed by atoms with Gasteiger partial charge in [0, 0.05) is 23.9 Å². The van der Waals surface area contributed by atoms with Crippen molar-refractivity contribution in [1.82, 2.24) is 4.90 Å². The summed E-state index contributed by atoms with van der Waals surface area (Å²) in [4.78, 5) is 16.1. The second-order valence-corrected chi connectivity index (χ2v) is 7.20. The van der Waals surface area contributed by atoms with Crippen LogP contribution in [0, 0.1) is 5.92 Å². The van der Waals surface area contributed by atoms with Gasteiger partial charge in [-0.05, 0) is 49.1 Å². The molecule has 3 rings (SSSR count). The number of carbonyl (C=O) groups excluding carboxylic acids is 1. The van der Waals surface area contributed by atoms with E-state index in [4.69, 9.17) is 0 Å². The van der Waals surface area contributed by atoms with Gasteiger partial charge in [-0.2, -0.15) is 0 Å². The lowest BCUT2D eigenvalue weighted by Gasteiger charge is -2.30. The van der Waals surface area contributed by atoms with Crippen molar-refractivity contribution in [3.8, 4) is 0 Å². The predicted octanol–water partition coefficient (Wildman–Crippen LogP) is 4.51. The maximum atomic E-state index is 12.7. The number of thiophene rings is 1. The topological polar surface area (TPSA) is 20.3 Å². The first-order valence-corrected chi connectivity index (χ1v) is 8.98. The first kappa shape index (κ1) is 15.3. The molecule has 0 N–H and O–H groups in total. The molecular weight excluding hydrogens is 290 g/mol. The van der Waals surface area contributed by atoms with Gasteiger partial charge in [0.15, 0.2) is 0 Å². The standard InChI is InChI=1S/C19H23NOS/c1-15(17-9-10-17)20(14-16-6-3-2-4-7-16)19(21)12-11-18-8-5-13-22-18/h2-8,13,15,17H,9-12,14H2,1H3.